The van der Waals surface area contributed by atoms with Crippen LogP contribution >= 0.6 is 0 Å². The first-order valence-electron chi connectivity index (χ1n) is 15.8. The first kappa shape index (κ1) is 29.1. The van der Waals surface area contributed by atoms with E-state index < -0.39 is 5.82 Å². The summed E-state index contributed by atoms with van der Waals surface area (Å²) in [4.78, 5) is 18.6. The summed E-state index contributed by atoms with van der Waals surface area (Å²) in [5.74, 6) is -0.285. The van der Waals surface area contributed by atoms with Gasteiger partial charge in [0.05, 0.1) is 25.2 Å². The molecule has 2 aliphatic heterocycles. The number of anilines is 1. The summed E-state index contributed by atoms with van der Waals surface area (Å²) in [6.07, 6.45) is 6.64. The molecule has 4 aromatic rings. The molecule has 7 rings (SSSR count). The minimum Gasteiger partial charge on any atom is -0.508 e. The summed E-state index contributed by atoms with van der Waals surface area (Å²) in [7, 11) is 0. The summed E-state index contributed by atoms with van der Waals surface area (Å²) in [5.41, 5.74) is 0.921. The van der Waals surface area contributed by atoms with Gasteiger partial charge in [0.25, 0.3) is 0 Å². The van der Waals surface area contributed by atoms with Crippen LogP contribution in [0, 0.1) is 23.0 Å². The Bertz CT molecular complexity index is 1710. The lowest BCUT2D eigenvalue weighted by atomic mass is 9.94. The average Bonchev–Trinajstić information content (AvgIpc) is 3.66. The van der Waals surface area contributed by atoms with Gasteiger partial charge in [-0.25, -0.2) is 8.78 Å². The van der Waals surface area contributed by atoms with Crippen molar-refractivity contribution in [3.63, 3.8) is 0 Å². The number of pyridine rings is 1. The maximum Gasteiger partial charge on any atom is 0.319 e. The van der Waals surface area contributed by atoms with Gasteiger partial charge in [0, 0.05) is 36.8 Å². The van der Waals surface area contributed by atoms with Crippen LogP contribution in [-0.2, 0) is 11.2 Å². The minimum absolute atomic E-state index is 0.00503. The van der Waals surface area contributed by atoms with Crippen molar-refractivity contribution in [1.82, 2.24) is 19.9 Å². The number of rotatable bonds is 8. The van der Waals surface area contributed by atoms with E-state index in [2.05, 4.69) is 26.7 Å². The zero-order chi connectivity index (χ0) is 30.4. The lowest BCUT2D eigenvalue weighted by Crippen LogP contribution is -2.32. The molecule has 2 aromatic heterocycles. The maximum atomic E-state index is 16.8. The molecule has 1 aliphatic carbocycles. The molecule has 1 unspecified atom stereocenters. The summed E-state index contributed by atoms with van der Waals surface area (Å²) in [6, 6.07) is 6.10. The number of likely N-dealkylation sites (tertiary alicyclic amines) is 1. The van der Waals surface area contributed by atoms with Crippen LogP contribution in [0.4, 0.5) is 14.6 Å². The van der Waals surface area contributed by atoms with Gasteiger partial charge in [-0.15, -0.1) is 0 Å². The SMILES string of the molecule is CCc1c(F)ccc2cc(O)cc(-c3ncc4c(N5CCOCC(C)C5)nc(OCC5(CN6CCCC6)CC5)nc4c3F)c12. The molecule has 4 heterocycles. The van der Waals surface area contributed by atoms with Gasteiger partial charge in [0.1, 0.15) is 28.6 Å². The molecular formula is C34H39F2N5O3. The number of aromatic hydroxyl groups is 1. The van der Waals surface area contributed by atoms with Crippen molar-refractivity contribution in [3.8, 4) is 23.0 Å². The van der Waals surface area contributed by atoms with E-state index in [0.717, 1.165) is 32.5 Å². The summed E-state index contributed by atoms with van der Waals surface area (Å²) >= 11 is 0. The van der Waals surface area contributed by atoms with Crippen molar-refractivity contribution in [2.45, 2.75) is 46.0 Å². The van der Waals surface area contributed by atoms with E-state index in [4.69, 9.17) is 14.5 Å². The maximum absolute atomic E-state index is 16.8. The van der Waals surface area contributed by atoms with Gasteiger partial charge in [-0.2, -0.15) is 9.97 Å². The van der Waals surface area contributed by atoms with E-state index >= 15 is 4.39 Å². The predicted octanol–water partition coefficient (Wildman–Crippen LogP) is 6.12. The lowest BCUT2D eigenvalue weighted by Gasteiger charge is -2.26. The predicted molar refractivity (Wildman–Crippen MR) is 166 cm³/mol. The van der Waals surface area contributed by atoms with Crippen LogP contribution in [0.3, 0.4) is 0 Å². The molecule has 44 heavy (non-hydrogen) atoms. The number of fused-ring (bicyclic) bond motifs is 2. The normalized spacial score (nSPS) is 20.4. The fourth-order valence-corrected chi connectivity index (χ4v) is 6.88. The van der Waals surface area contributed by atoms with E-state index in [9.17, 15) is 9.50 Å². The van der Waals surface area contributed by atoms with E-state index in [1.807, 2.05) is 6.92 Å². The third kappa shape index (κ3) is 5.54. The van der Waals surface area contributed by atoms with Crippen LogP contribution in [0.15, 0.2) is 30.5 Å². The number of phenolic OH excluding ortho intramolecular Hbond substituents is 1. The van der Waals surface area contributed by atoms with Crippen LogP contribution in [0.2, 0.25) is 0 Å². The third-order valence-electron chi connectivity index (χ3n) is 9.37. The second-order valence-electron chi connectivity index (χ2n) is 12.9. The molecule has 0 spiro atoms. The highest BCUT2D eigenvalue weighted by molar-refractivity contribution is 6.01. The van der Waals surface area contributed by atoms with Crippen molar-refractivity contribution < 1.29 is 23.4 Å². The van der Waals surface area contributed by atoms with Gasteiger partial charge in [0.2, 0.25) is 0 Å². The molecule has 1 atom stereocenters. The molecule has 0 bridgehead atoms. The smallest absolute Gasteiger partial charge is 0.319 e. The Morgan fingerprint density at radius 1 is 1.11 bits per heavy atom. The average molecular weight is 604 g/mol. The number of hydrogen-bond donors (Lipinski definition) is 1. The number of aryl methyl sites for hydroxylation is 1. The first-order valence-corrected chi connectivity index (χ1v) is 15.8. The Hall–Kier alpha value is -3.63. The molecule has 10 heteroatoms. The molecular weight excluding hydrogens is 564 g/mol. The molecule has 2 aromatic carbocycles. The van der Waals surface area contributed by atoms with Crippen LogP contribution in [0.5, 0.6) is 11.8 Å². The summed E-state index contributed by atoms with van der Waals surface area (Å²) in [6.45, 7) is 10.1. The van der Waals surface area contributed by atoms with Gasteiger partial charge < -0.3 is 24.4 Å². The standard InChI is InChI=1S/C34H39F2N5O3/c1-3-24-27(35)7-6-22-14-23(42)15-25(28(22)24)30-29(36)31-26(16-37-30)32(41-12-13-43-18-21(2)17-41)39-33(38-31)44-20-34(8-9-34)19-40-10-4-5-11-40/h6-7,14-16,21,42H,3-5,8-13,17-20H2,1-2H3. The van der Waals surface area contributed by atoms with Crippen molar-refractivity contribution in [2.75, 3.05) is 57.4 Å². The van der Waals surface area contributed by atoms with Crippen molar-refractivity contribution in [3.05, 3.63) is 47.7 Å². The first-order chi connectivity index (χ1) is 21.3. The Morgan fingerprint density at radius 3 is 2.70 bits per heavy atom. The van der Waals surface area contributed by atoms with Gasteiger partial charge in [-0.3, -0.25) is 4.98 Å². The number of halogens is 2. The van der Waals surface area contributed by atoms with Crippen molar-refractivity contribution in [1.29, 1.82) is 0 Å². The molecule has 0 radical (unpaired) electrons. The zero-order valence-corrected chi connectivity index (χ0v) is 25.4. The molecule has 1 N–H and O–H groups in total. The second kappa shape index (κ2) is 11.7. The largest absolute Gasteiger partial charge is 0.508 e. The Labute approximate surface area is 256 Å². The van der Waals surface area contributed by atoms with E-state index in [-0.39, 0.29) is 40.1 Å². The van der Waals surface area contributed by atoms with Crippen LogP contribution < -0.4 is 9.64 Å². The quantitative estimate of drug-likeness (QED) is 0.258. The highest BCUT2D eigenvalue weighted by atomic mass is 19.1. The highest BCUT2D eigenvalue weighted by Crippen LogP contribution is 2.47. The van der Waals surface area contributed by atoms with Gasteiger partial charge in [0.15, 0.2) is 5.82 Å². The topological polar surface area (TPSA) is 83.8 Å². The number of ether oxygens (including phenoxy) is 2. The lowest BCUT2D eigenvalue weighted by molar-refractivity contribution is 0.129. The number of aromatic nitrogens is 3. The van der Waals surface area contributed by atoms with Crippen LogP contribution in [-0.4, -0.2) is 77.5 Å². The second-order valence-corrected chi connectivity index (χ2v) is 12.9. The molecule has 232 valence electrons. The molecule has 3 fully saturated rings. The molecule has 8 nitrogen and oxygen atoms in total. The number of hydrogen-bond acceptors (Lipinski definition) is 8. The molecule has 3 aliphatic rings. The van der Waals surface area contributed by atoms with Crippen molar-refractivity contribution >= 4 is 27.5 Å². The van der Waals surface area contributed by atoms with E-state index in [1.54, 1.807) is 18.3 Å². The Morgan fingerprint density at radius 2 is 1.93 bits per heavy atom. The number of benzene rings is 2. The summed E-state index contributed by atoms with van der Waals surface area (Å²) in [5, 5.41) is 12.2. The minimum atomic E-state index is -0.661. The number of nitrogens with zero attached hydrogens (tertiary/aromatic N) is 5. The van der Waals surface area contributed by atoms with E-state index in [0.29, 0.717) is 72.4 Å². The van der Waals surface area contributed by atoms with Gasteiger partial charge in [-0.05, 0) is 85.6 Å². The van der Waals surface area contributed by atoms with Crippen LogP contribution in [0.1, 0.15) is 45.1 Å². The zero-order valence-electron chi connectivity index (χ0n) is 25.4. The van der Waals surface area contributed by atoms with Crippen molar-refractivity contribution in [2.24, 2.45) is 11.3 Å². The third-order valence-corrected chi connectivity index (χ3v) is 9.37. The Balaban J connectivity index is 1.34. The van der Waals surface area contributed by atoms with Crippen LogP contribution in [0.25, 0.3) is 32.9 Å². The summed E-state index contributed by atoms with van der Waals surface area (Å²) < 4.78 is 43.8. The molecule has 1 saturated carbocycles. The fourth-order valence-electron chi connectivity index (χ4n) is 6.88. The fraction of sp³-hybridized carbons (Fsp3) is 0.500. The Kier molecular flexibility index (Phi) is 7.74. The van der Waals surface area contributed by atoms with Gasteiger partial charge in [-0.1, -0.05) is 19.9 Å². The number of phenols is 1. The molecule has 0 amide bonds. The monoisotopic (exact) mass is 603 g/mol. The van der Waals surface area contributed by atoms with E-state index in [1.165, 1.54) is 25.0 Å². The van der Waals surface area contributed by atoms with Gasteiger partial charge >= 0.3 is 6.01 Å². The highest BCUT2D eigenvalue weighted by Gasteiger charge is 2.45. The molecule has 2 saturated heterocycles.